The van der Waals surface area contributed by atoms with Crippen LogP contribution < -0.4 is 0 Å². The van der Waals surface area contributed by atoms with Gasteiger partial charge in [0.25, 0.3) is 0 Å². The van der Waals surface area contributed by atoms with Crippen molar-refractivity contribution >= 4 is 0 Å². The molecule has 0 heterocycles. The van der Waals surface area contributed by atoms with Crippen LogP contribution in [0.25, 0.3) is 0 Å². The molecule has 0 bridgehead atoms. The van der Waals surface area contributed by atoms with Gasteiger partial charge in [-0.05, 0) is 48.6 Å². The molecule has 1 aliphatic carbocycles. The highest BCUT2D eigenvalue weighted by Gasteiger charge is 2.26. The molecule has 0 radical (unpaired) electrons. The highest BCUT2D eigenvalue weighted by atomic mass is 14.3. The van der Waals surface area contributed by atoms with Gasteiger partial charge < -0.3 is 0 Å². The van der Waals surface area contributed by atoms with Crippen molar-refractivity contribution in [3.63, 3.8) is 0 Å². The Labute approximate surface area is 93.7 Å². The second-order valence-electron chi connectivity index (χ2n) is 5.36. The molecule has 1 aliphatic rings. The topological polar surface area (TPSA) is 0 Å². The SMILES string of the molecule is Cc1ccccc1C1CCC(C)CC1C. The molecule has 0 spiro atoms. The standard InChI is InChI=1S/C15H22/c1-11-8-9-15(13(3)10-11)14-7-5-4-6-12(14)2/h4-7,11,13,15H,8-10H2,1-3H3. The van der Waals surface area contributed by atoms with Crippen molar-refractivity contribution in [3.05, 3.63) is 35.4 Å². The summed E-state index contributed by atoms with van der Waals surface area (Å²) in [5.74, 6) is 2.59. The Morgan fingerprint density at radius 2 is 1.80 bits per heavy atom. The molecule has 0 aliphatic heterocycles. The first-order valence-corrected chi connectivity index (χ1v) is 6.24. The van der Waals surface area contributed by atoms with E-state index in [9.17, 15) is 0 Å². The first-order valence-electron chi connectivity index (χ1n) is 6.24. The van der Waals surface area contributed by atoms with E-state index in [1.807, 2.05) is 0 Å². The van der Waals surface area contributed by atoms with E-state index in [0.717, 1.165) is 17.8 Å². The van der Waals surface area contributed by atoms with Crippen LogP contribution in [-0.4, -0.2) is 0 Å². The third-order valence-corrected chi connectivity index (χ3v) is 4.02. The Morgan fingerprint density at radius 1 is 1.07 bits per heavy atom. The van der Waals surface area contributed by atoms with Gasteiger partial charge in [-0.25, -0.2) is 0 Å². The van der Waals surface area contributed by atoms with Crippen molar-refractivity contribution in [2.75, 3.05) is 0 Å². The van der Waals surface area contributed by atoms with Gasteiger partial charge in [-0.3, -0.25) is 0 Å². The highest BCUT2D eigenvalue weighted by molar-refractivity contribution is 5.29. The van der Waals surface area contributed by atoms with Gasteiger partial charge in [0.15, 0.2) is 0 Å². The van der Waals surface area contributed by atoms with E-state index in [1.54, 1.807) is 5.56 Å². The van der Waals surface area contributed by atoms with Crippen LogP contribution in [0.1, 0.15) is 50.2 Å². The van der Waals surface area contributed by atoms with Crippen LogP contribution in [0, 0.1) is 18.8 Å². The van der Waals surface area contributed by atoms with Gasteiger partial charge in [0.2, 0.25) is 0 Å². The van der Waals surface area contributed by atoms with Crippen LogP contribution in [0.3, 0.4) is 0 Å². The van der Waals surface area contributed by atoms with Gasteiger partial charge in [-0.15, -0.1) is 0 Å². The molecule has 1 fully saturated rings. The molecule has 1 aromatic carbocycles. The smallest absolute Gasteiger partial charge is 0.0133 e. The summed E-state index contributed by atoms with van der Waals surface area (Å²) >= 11 is 0. The predicted octanol–water partition coefficient (Wildman–Crippen LogP) is 4.53. The summed E-state index contributed by atoms with van der Waals surface area (Å²) in [6.45, 7) is 7.07. The fourth-order valence-electron chi connectivity index (χ4n) is 3.13. The maximum atomic E-state index is 2.42. The Kier molecular flexibility index (Phi) is 3.14. The van der Waals surface area contributed by atoms with Crippen molar-refractivity contribution < 1.29 is 0 Å². The summed E-state index contributed by atoms with van der Waals surface area (Å²) in [7, 11) is 0. The number of hydrogen-bond acceptors (Lipinski definition) is 0. The van der Waals surface area contributed by atoms with E-state index in [-0.39, 0.29) is 0 Å². The van der Waals surface area contributed by atoms with E-state index in [4.69, 9.17) is 0 Å². The van der Waals surface area contributed by atoms with E-state index in [2.05, 4.69) is 45.0 Å². The molecule has 3 atom stereocenters. The fourth-order valence-corrected chi connectivity index (χ4v) is 3.13. The summed E-state index contributed by atoms with van der Waals surface area (Å²) < 4.78 is 0. The molecular weight excluding hydrogens is 180 g/mol. The largest absolute Gasteiger partial charge is 0.0625 e. The minimum absolute atomic E-state index is 0.808. The summed E-state index contributed by atoms with van der Waals surface area (Å²) in [6.07, 6.45) is 4.19. The lowest BCUT2D eigenvalue weighted by atomic mass is 9.72. The van der Waals surface area contributed by atoms with Crippen LogP contribution in [0.4, 0.5) is 0 Å². The normalized spacial score (nSPS) is 31.5. The van der Waals surface area contributed by atoms with Gasteiger partial charge >= 0.3 is 0 Å². The zero-order valence-corrected chi connectivity index (χ0v) is 10.2. The monoisotopic (exact) mass is 202 g/mol. The zero-order valence-electron chi connectivity index (χ0n) is 10.2. The highest BCUT2D eigenvalue weighted by Crippen LogP contribution is 2.40. The van der Waals surface area contributed by atoms with Gasteiger partial charge in [0.1, 0.15) is 0 Å². The molecule has 1 saturated carbocycles. The molecule has 0 saturated heterocycles. The third kappa shape index (κ3) is 2.25. The van der Waals surface area contributed by atoms with Crippen molar-refractivity contribution in [3.8, 4) is 0 Å². The van der Waals surface area contributed by atoms with E-state index >= 15 is 0 Å². The lowest BCUT2D eigenvalue weighted by molar-refractivity contribution is 0.261. The Balaban J connectivity index is 2.20. The minimum atomic E-state index is 0.808. The molecular formula is C15H22. The lowest BCUT2D eigenvalue weighted by Crippen LogP contribution is -2.20. The maximum absolute atomic E-state index is 2.42. The average molecular weight is 202 g/mol. The minimum Gasteiger partial charge on any atom is -0.0625 e. The molecule has 3 unspecified atom stereocenters. The molecule has 0 N–H and O–H groups in total. The third-order valence-electron chi connectivity index (χ3n) is 4.02. The second kappa shape index (κ2) is 4.38. The van der Waals surface area contributed by atoms with Crippen LogP contribution in [0.5, 0.6) is 0 Å². The number of benzene rings is 1. The Morgan fingerprint density at radius 3 is 2.47 bits per heavy atom. The molecule has 0 aromatic heterocycles. The number of hydrogen-bond donors (Lipinski definition) is 0. The predicted molar refractivity (Wildman–Crippen MR) is 66.1 cm³/mol. The maximum Gasteiger partial charge on any atom is -0.0133 e. The second-order valence-corrected chi connectivity index (χ2v) is 5.36. The average Bonchev–Trinajstić information content (AvgIpc) is 2.20. The van der Waals surface area contributed by atoms with Crippen molar-refractivity contribution in [2.45, 2.75) is 46.0 Å². The zero-order chi connectivity index (χ0) is 10.8. The van der Waals surface area contributed by atoms with Crippen molar-refractivity contribution in [1.82, 2.24) is 0 Å². The summed E-state index contributed by atoms with van der Waals surface area (Å²) in [5, 5.41) is 0. The number of rotatable bonds is 1. The summed E-state index contributed by atoms with van der Waals surface area (Å²) in [5.41, 5.74) is 3.07. The van der Waals surface area contributed by atoms with Gasteiger partial charge in [0.05, 0.1) is 0 Å². The summed E-state index contributed by atoms with van der Waals surface area (Å²) in [6, 6.07) is 8.91. The van der Waals surface area contributed by atoms with Crippen molar-refractivity contribution in [1.29, 1.82) is 0 Å². The lowest BCUT2D eigenvalue weighted by Gasteiger charge is -2.33. The fraction of sp³-hybridized carbons (Fsp3) is 0.600. The molecule has 1 aromatic rings. The summed E-state index contributed by atoms with van der Waals surface area (Å²) in [4.78, 5) is 0. The molecule has 82 valence electrons. The van der Waals surface area contributed by atoms with E-state index < -0.39 is 0 Å². The van der Waals surface area contributed by atoms with Crippen LogP contribution in [0.2, 0.25) is 0 Å². The van der Waals surface area contributed by atoms with E-state index in [1.165, 1.54) is 24.8 Å². The molecule has 0 amide bonds. The van der Waals surface area contributed by atoms with Gasteiger partial charge in [0, 0.05) is 0 Å². The van der Waals surface area contributed by atoms with Crippen LogP contribution >= 0.6 is 0 Å². The van der Waals surface area contributed by atoms with Gasteiger partial charge in [-0.2, -0.15) is 0 Å². The molecule has 15 heavy (non-hydrogen) atoms. The van der Waals surface area contributed by atoms with Crippen LogP contribution in [-0.2, 0) is 0 Å². The van der Waals surface area contributed by atoms with Crippen molar-refractivity contribution in [2.24, 2.45) is 11.8 Å². The Hall–Kier alpha value is -0.780. The Bertz CT molecular complexity index is 327. The first-order chi connectivity index (χ1) is 7.18. The van der Waals surface area contributed by atoms with Gasteiger partial charge in [-0.1, -0.05) is 44.5 Å². The quantitative estimate of drug-likeness (QED) is 0.627. The molecule has 2 rings (SSSR count). The van der Waals surface area contributed by atoms with E-state index in [0.29, 0.717) is 0 Å². The molecule has 0 heteroatoms. The number of aryl methyl sites for hydroxylation is 1. The van der Waals surface area contributed by atoms with Crippen LogP contribution in [0.15, 0.2) is 24.3 Å². The first kappa shape index (κ1) is 10.7. The molecule has 0 nitrogen and oxygen atoms in total.